The number of hydrogen-bond donors (Lipinski definition) is 1. The molecule has 0 radical (unpaired) electrons. The number of aliphatic carboxylic acids is 1. The van der Waals surface area contributed by atoms with Crippen molar-refractivity contribution in [2.75, 3.05) is 41.0 Å². The number of carbonyl (C=O) groups excluding carboxylic acids is 2. The zero-order chi connectivity index (χ0) is 38.5. The predicted octanol–water partition coefficient (Wildman–Crippen LogP) is 11.3. The van der Waals surface area contributed by atoms with E-state index in [-0.39, 0.29) is 36.2 Å². The van der Waals surface area contributed by atoms with Crippen molar-refractivity contribution in [1.82, 2.24) is 0 Å². The van der Waals surface area contributed by atoms with Crippen molar-refractivity contribution < 1.29 is 38.2 Å². The second-order valence-electron chi connectivity index (χ2n) is 15.6. The first-order valence-electron chi connectivity index (χ1n) is 21.4. The van der Waals surface area contributed by atoms with Crippen molar-refractivity contribution in [3.05, 3.63) is 24.3 Å². The van der Waals surface area contributed by atoms with Gasteiger partial charge in [-0.15, -0.1) is 0 Å². The standard InChI is InChI=1S/C44H81NO7/c1-6-8-10-12-14-16-18-20-21-22-23-25-27-29-31-33-35-43(47)52-40(38-50-37-36-41(44(48)49)45(3,4)5)39-51-42(46)34-32-30-28-26-24-19-17-15-13-11-9-7-2/h9,11,15,17,40-41H,6-8,10,12-14,16,18-39H2,1-5H3/p+1/b11-9+,17-15+. The zero-order valence-corrected chi connectivity index (χ0v) is 34.5. The molecule has 0 saturated carbocycles. The summed E-state index contributed by atoms with van der Waals surface area (Å²) in [5.41, 5.74) is 0. The van der Waals surface area contributed by atoms with Crippen LogP contribution in [0.1, 0.15) is 187 Å². The highest BCUT2D eigenvalue weighted by atomic mass is 16.6. The zero-order valence-electron chi connectivity index (χ0n) is 34.5. The lowest BCUT2D eigenvalue weighted by Crippen LogP contribution is -2.50. The lowest BCUT2D eigenvalue weighted by Gasteiger charge is -2.31. The number of rotatable bonds is 38. The Bertz CT molecular complexity index is 911. The van der Waals surface area contributed by atoms with Crippen LogP contribution in [0.3, 0.4) is 0 Å². The van der Waals surface area contributed by atoms with Crippen LogP contribution >= 0.6 is 0 Å². The summed E-state index contributed by atoms with van der Waals surface area (Å²) < 4.78 is 17.2. The number of likely N-dealkylation sites (N-methyl/N-ethyl adjacent to an activating group) is 1. The highest BCUT2D eigenvalue weighted by Crippen LogP contribution is 2.15. The fourth-order valence-corrected chi connectivity index (χ4v) is 6.31. The Morgan fingerprint density at radius 2 is 1.08 bits per heavy atom. The lowest BCUT2D eigenvalue weighted by atomic mass is 10.0. The number of carbonyl (C=O) groups is 3. The maximum absolute atomic E-state index is 12.7. The Balaban J connectivity index is 4.34. The van der Waals surface area contributed by atoms with Crippen LogP contribution in [0.5, 0.6) is 0 Å². The van der Waals surface area contributed by atoms with E-state index in [2.05, 4.69) is 38.2 Å². The topological polar surface area (TPSA) is 99.1 Å². The number of hydrogen-bond acceptors (Lipinski definition) is 6. The quantitative estimate of drug-likeness (QED) is 0.0291. The van der Waals surface area contributed by atoms with Crippen LogP contribution in [0.4, 0.5) is 0 Å². The Labute approximate surface area is 320 Å². The van der Waals surface area contributed by atoms with Crippen LogP contribution in [0.2, 0.25) is 0 Å². The molecule has 8 heteroatoms. The van der Waals surface area contributed by atoms with Gasteiger partial charge in [-0.2, -0.15) is 0 Å². The van der Waals surface area contributed by atoms with Crippen molar-refractivity contribution in [3.8, 4) is 0 Å². The summed E-state index contributed by atoms with van der Waals surface area (Å²) in [7, 11) is 5.52. The van der Waals surface area contributed by atoms with Crippen molar-refractivity contribution in [3.63, 3.8) is 0 Å². The molecule has 0 bridgehead atoms. The van der Waals surface area contributed by atoms with Gasteiger partial charge in [0.25, 0.3) is 0 Å². The molecule has 0 saturated heterocycles. The number of carboxylic acid groups (broad SMARTS) is 1. The third kappa shape index (κ3) is 33.6. The molecule has 0 fully saturated rings. The molecule has 8 nitrogen and oxygen atoms in total. The van der Waals surface area contributed by atoms with Gasteiger partial charge < -0.3 is 23.8 Å². The minimum Gasteiger partial charge on any atom is -0.477 e. The summed E-state index contributed by atoms with van der Waals surface area (Å²) >= 11 is 0. The first-order chi connectivity index (χ1) is 25.1. The van der Waals surface area contributed by atoms with E-state index in [1.54, 1.807) is 0 Å². The van der Waals surface area contributed by atoms with Gasteiger partial charge in [-0.3, -0.25) is 9.59 Å². The van der Waals surface area contributed by atoms with Gasteiger partial charge >= 0.3 is 17.9 Å². The number of quaternary nitrogens is 1. The Morgan fingerprint density at radius 3 is 1.58 bits per heavy atom. The van der Waals surface area contributed by atoms with Crippen molar-refractivity contribution >= 4 is 17.9 Å². The van der Waals surface area contributed by atoms with E-state index >= 15 is 0 Å². The van der Waals surface area contributed by atoms with Gasteiger partial charge in [-0.25, -0.2) is 4.79 Å². The van der Waals surface area contributed by atoms with Gasteiger partial charge in [-0.05, 0) is 38.5 Å². The largest absolute Gasteiger partial charge is 0.477 e. The van der Waals surface area contributed by atoms with Gasteiger partial charge in [0.05, 0.1) is 34.4 Å². The number of unbranched alkanes of at least 4 members (excludes halogenated alkanes) is 20. The number of ether oxygens (including phenoxy) is 3. The first kappa shape index (κ1) is 49.8. The number of esters is 2. The molecule has 0 aromatic carbocycles. The highest BCUT2D eigenvalue weighted by molar-refractivity contribution is 5.72. The third-order valence-corrected chi connectivity index (χ3v) is 9.62. The number of allylic oxidation sites excluding steroid dienone is 4. The molecule has 0 aromatic heterocycles. The second kappa shape index (κ2) is 35.8. The Hall–Kier alpha value is -2.19. The van der Waals surface area contributed by atoms with Crippen molar-refractivity contribution in [1.29, 1.82) is 0 Å². The smallest absolute Gasteiger partial charge is 0.362 e. The molecule has 0 heterocycles. The van der Waals surface area contributed by atoms with E-state index in [4.69, 9.17) is 14.2 Å². The molecular weight excluding hydrogens is 654 g/mol. The number of carboxylic acids is 1. The minimum absolute atomic E-state index is 0.0546. The van der Waals surface area contributed by atoms with Gasteiger partial charge in [0.1, 0.15) is 6.61 Å². The molecule has 1 N–H and O–H groups in total. The van der Waals surface area contributed by atoms with Crippen molar-refractivity contribution in [2.24, 2.45) is 0 Å². The molecule has 0 aliphatic heterocycles. The van der Waals surface area contributed by atoms with E-state index in [0.717, 1.165) is 70.6 Å². The minimum atomic E-state index is -0.876. The van der Waals surface area contributed by atoms with Crippen molar-refractivity contribution in [2.45, 2.75) is 199 Å². The van der Waals surface area contributed by atoms with E-state index in [1.807, 2.05) is 21.1 Å². The highest BCUT2D eigenvalue weighted by Gasteiger charge is 2.31. The maximum Gasteiger partial charge on any atom is 0.362 e. The van der Waals surface area contributed by atoms with E-state index in [1.165, 1.54) is 83.5 Å². The molecule has 2 unspecified atom stereocenters. The summed E-state index contributed by atoms with van der Waals surface area (Å²) in [5.74, 6) is -1.48. The molecule has 52 heavy (non-hydrogen) atoms. The van der Waals surface area contributed by atoms with Crippen LogP contribution < -0.4 is 0 Å². The van der Waals surface area contributed by atoms with Crippen LogP contribution in [0.25, 0.3) is 0 Å². The maximum atomic E-state index is 12.7. The molecule has 0 aliphatic carbocycles. The normalized spacial score (nSPS) is 13.2. The molecule has 304 valence electrons. The van der Waals surface area contributed by atoms with Crippen LogP contribution in [0.15, 0.2) is 24.3 Å². The van der Waals surface area contributed by atoms with Gasteiger partial charge in [0.15, 0.2) is 12.1 Å². The third-order valence-electron chi connectivity index (χ3n) is 9.62. The molecule has 2 atom stereocenters. The molecule has 0 amide bonds. The van der Waals surface area contributed by atoms with Gasteiger partial charge in [0.2, 0.25) is 0 Å². The van der Waals surface area contributed by atoms with Crippen LogP contribution in [-0.4, -0.2) is 80.6 Å². The van der Waals surface area contributed by atoms with Gasteiger partial charge in [0, 0.05) is 19.3 Å². The Morgan fingerprint density at radius 1 is 0.596 bits per heavy atom. The fourth-order valence-electron chi connectivity index (χ4n) is 6.31. The van der Waals surface area contributed by atoms with Gasteiger partial charge in [-0.1, -0.05) is 154 Å². The monoisotopic (exact) mass is 737 g/mol. The lowest BCUT2D eigenvalue weighted by molar-refractivity contribution is -0.887. The van der Waals surface area contributed by atoms with Crippen LogP contribution in [0, 0.1) is 0 Å². The summed E-state index contributed by atoms with van der Waals surface area (Å²) in [5, 5.41) is 9.60. The molecule has 0 spiro atoms. The SMILES string of the molecule is CC/C=C/C/C=C/CCCCCCCC(=O)OCC(COCCC(C(=O)O)[N+](C)(C)C)OC(=O)CCCCCCCCCCCCCCCCCC. The molecule has 0 aliphatic rings. The summed E-state index contributed by atoms with van der Waals surface area (Å²) in [6.07, 6.45) is 37.9. The molecule has 0 aromatic rings. The van der Waals surface area contributed by atoms with E-state index < -0.39 is 18.1 Å². The van der Waals surface area contributed by atoms with E-state index in [0.29, 0.717) is 19.3 Å². The number of nitrogens with zero attached hydrogens (tertiary/aromatic N) is 1. The van der Waals surface area contributed by atoms with E-state index in [9.17, 15) is 19.5 Å². The second-order valence-corrected chi connectivity index (χ2v) is 15.6. The predicted molar refractivity (Wildman–Crippen MR) is 215 cm³/mol. The molecule has 0 rings (SSSR count). The van der Waals surface area contributed by atoms with Crippen LogP contribution in [-0.2, 0) is 28.6 Å². The summed E-state index contributed by atoms with van der Waals surface area (Å²) in [6.45, 7) is 4.62. The average molecular weight is 737 g/mol. The average Bonchev–Trinajstić information content (AvgIpc) is 3.09. The summed E-state index contributed by atoms with van der Waals surface area (Å²) in [4.78, 5) is 36.9. The summed E-state index contributed by atoms with van der Waals surface area (Å²) in [6, 6.07) is -0.613. The first-order valence-corrected chi connectivity index (χ1v) is 21.4. The fraction of sp³-hybridized carbons (Fsp3) is 0.841. The Kier molecular flexibility index (Phi) is 34.3. The molecular formula is C44H82NO7+.